The largest absolute Gasteiger partial charge is 0.389 e. The fourth-order valence-corrected chi connectivity index (χ4v) is 2.81. The van der Waals surface area contributed by atoms with Crippen LogP contribution in [0, 0.1) is 0 Å². The van der Waals surface area contributed by atoms with Crippen molar-refractivity contribution in [2.45, 2.75) is 19.3 Å². The third kappa shape index (κ3) is 3.55. The maximum atomic E-state index is 5.58. The Morgan fingerprint density at radius 3 is 2.47 bits per heavy atom. The van der Waals surface area contributed by atoms with Gasteiger partial charge in [-0.15, -0.1) is 11.3 Å². The molecule has 100 valence electrons. The molecule has 1 aromatic carbocycles. The Balaban J connectivity index is 2.00. The van der Waals surface area contributed by atoms with Gasteiger partial charge in [0, 0.05) is 28.1 Å². The average molecular weight is 290 g/mol. The predicted molar refractivity (Wildman–Crippen MR) is 88.2 cm³/mol. The van der Waals surface area contributed by atoms with E-state index in [4.69, 9.17) is 18.0 Å². The van der Waals surface area contributed by atoms with Crippen molar-refractivity contribution in [2.24, 2.45) is 5.73 Å². The molecule has 0 saturated carbocycles. The normalized spacial score (nSPS) is 11.3. The van der Waals surface area contributed by atoms with Gasteiger partial charge in [0.15, 0.2) is 0 Å². The zero-order valence-electron chi connectivity index (χ0n) is 11.1. The minimum atomic E-state index is 0.121. The molecule has 0 aliphatic carbocycles. The van der Waals surface area contributed by atoms with Gasteiger partial charge in [-0.05, 0) is 35.7 Å². The molecule has 0 radical (unpaired) electrons. The molecule has 19 heavy (non-hydrogen) atoms. The summed E-state index contributed by atoms with van der Waals surface area (Å²) >= 11 is 6.74. The van der Waals surface area contributed by atoms with Crippen LogP contribution in [-0.2, 0) is 5.41 Å². The third-order valence-corrected chi connectivity index (χ3v) is 4.56. The van der Waals surface area contributed by atoms with Crippen LogP contribution in [-0.4, -0.2) is 11.5 Å². The van der Waals surface area contributed by atoms with Gasteiger partial charge in [0.05, 0.1) is 0 Å². The Kier molecular flexibility index (Phi) is 4.22. The molecular weight excluding hydrogens is 272 g/mol. The minimum absolute atomic E-state index is 0.121. The number of benzene rings is 1. The fraction of sp³-hybridized carbons (Fsp3) is 0.267. The first kappa shape index (κ1) is 14.0. The number of anilines is 1. The lowest BCUT2D eigenvalue weighted by Gasteiger charge is -2.24. The highest BCUT2D eigenvalue weighted by Gasteiger charge is 2.21. The average Bonchev–Trinajstić information content (AvgIpc) is 2.91. The van der Waals surface area contributed by atoms with Crippen LogP contribution in [0.5, 0.6) is 0 Å². The molecule has 2 aromatic rings. The highest BCUT2D eigenvalue weighted by Crippen LogP contribution is 2.27. The fourth-order valence-electron chi connectivity index (χ4n) is 1.83. The number of hydrogen-bond acceptors (Lipinski definition) is 3. The molecule has 2 rings (SSSR count). The SMILES string of the molecule is CC(C)(CNc1ccc(C(N)=S)cc1)c1cccs1. The van der Waals surface area contributed by atoms with Crippen LogP contribution in [0.15, 0.2) is 41.8 Å². The van der Waals surface area contributed by atoms with Crippen molar-refractivity contribution >= 4 is 34.2 Å². The molecule has 4 heteroatoms. The number of thiocarbonyl (C=S) groups is 1. The first-order chi connectivity index (χ1) is 8.99. The molecule has 0 bridgehead atoms. The van der Waals surface area contributed by atoms with Crippen LogP contribution in [0.25, 0.3) is 0 Å². The molecule has 0 atom stereocenters. The van der Waals surface area contributed by atoms with E-state index in [-0.39, 0.29) is 5.41 Å². The summed E-state index contributed by atoms with van der Waals surface area (Å²) in [5.41, 5.74) is 7.69. The van der Waals surface area contributed by atoms with E-state index >= 15 is 0 Å². The van der Waals surface area contributed by atoms with Gasteiger partial charge in [-0.2, -0.15) is 0 Å². The Labute approximate surface area is 123 Å². The van der Waals surface area contributed by atoms with E-state index in [1.54, 1.807) is 11.3 Å². The van der Waals surface area contributed by atoms with Crippen molar-refractivity contribution in [3.63, 3.8) is 0 Å². The summed E-state index contributed by atoms with van der Waals surface area (Å²) in [6, 6.07) is 12.2. The molecule has 2 nitrogen and oxygen atoms in total. The lowest BCUT2D eigenvalue weighted by atomic mass is 9.91. The van der Waals surface area contributed by atoms with Gasteiger partial charge < -0.3 is 11.1 Å². The van der Waals surface area contributed by atoms with E-state index in [2.05, 4.69) is 36.7 Å². The van der Waals surface area contributed by atoms with Crippen LogP contribution in [0.3, 0.4) is 0 Å². The maximum absolute atomic E-state index is 5.58. The summed E-state index contributed by atoms with van der Waals surface area (Å²) in [5.74, 6) is 0. The standard InChI is InChI=1S/C15H18N2S2/c1-15(2,13-4-3-9-19-13)10-17-12-7-5-11(6-8-12)14(16)18/h3-9,17H,10H2,1-2H3,(H2,16,18). The van der Waals surface area contributed by atoms with Crippen molar-refractivity contribution in [3.8, 4) is 0 Å². The van der Waals surface area contributed by atoms with E-state index in [1.807, 2.05) is 24.3 Å². The maximum Gasteiger partial charge on any atom is 0.103 e. The molecule has 0 aliphatic heterocycles. The van der Waals surface area contributed by atoms with Crippen molar-refractivity contribution < 1.29 is 0 Å². The Bertz CT molecular complexity index is 542. The molecular formula is C15H18N2S2. The first-order valence-corrected chi connectivity index (χ1v) is 7.45. The monoisotopic (exact) mass is 290 g/mol. The van der Waals surface area contributed by atoms with Crippen LogP contribution >= 0.6 is 23.6 Å². The van der Waals surface area contributed by atoms with Gasteiger partial charge in [0.2, 0.25) is 0 Å². The van der Waals surface area contributed by atoms with Crippen LogP contribution in [0.1, 0.15) is 24.3 Å². The van der Waals surface area contributed by atoms with Crippen LogP contribution < -0.4 is 11.1 Å². The second-order valence-corrected chi connectivity index (χ2v) is 6.54. The summed E-state index contributed by atoms with van der Waals surface area (Å²) in [7, 11) is 0. The third-order valence-electron chi connectivity index (χ3n) is 3.09. The number of rotatable bonds is 5. The molecule has 0 amide bonds. The number of hydrogen-bond donors (Lipinski definition) is 2. The molecule has 3 N–H and O–H groups in total. The Hall–Kier alpha value is -1.39. The summed E-state index contributed by atoms with van der Waals surface area (Å²) < 4.78 is 0. The lowest BCUT2D eigenvalue weighted by Crippen LogP contribution is -2.26. The highest BCUT2D eigenvalue weighted by molar-refractivity contribution is 7.80. The van der Waals surface area contributed by atoms with Gasteiger partial charge in [-0.3, -0.25) is 0 Å². The topological polar surface area (TPSA) is 38.0 Å². The van der Waals surface area contributed by atoms with Crippen molar-refractivity contribution in [2.75, 3.05) is 11.9 Å². The number of nitrogens with two attached hydrogens (primary N) is 1. The molecule has 0 aliphatic rings. The summed E-state index contributed by atoms with van der Waals surface area (Å²) in [4.78, 5) is 1.82. The second kappa shape index (κ2) is 5.72. The zero-order chi connectivity index (χ0) is 13.9. The van der Waals surface area contributed by atoms with E-state index < -0.39 is 0 Å². The molecule has 0 spiro atoms. The van der Waals surface area contributed by atoms with Crippen molar-refractivity contribution in [1.29, 1.82) is 0 Å². The zero-order valence-corrected chi connectivity index (χ0v) is 12.8. The Morgan fingerprint density at radius 2 is 1.95 bits per heavy atom. The molecule has 0 saturated heterocycles. The predicted octanol–water partition coefficient (Wildman–Crippen LogP) is 3.77. The molecule has 1 aromatic heterocycles. The van der Waals surface area contributed by atoms with Gasteiger partial charge in [0.25, 0.3) is 0 Å². The van der Waals surface area contributed by atoms with E-state index in [1.165, 1.54) is 4.88 Å². The van der Waals surface area contributed by atoms with Crippen LogP contribution in [0.4, 0.5) is 5.69 Å². The van der Waals surface area contributed by atoms with E-state index in [9.17, 15) is 0 Å². The summed E-state index contributed by atoms with van der Waals surface area (Å²) in [5, 5.41) is 5.58. The Morgan fingerprint density at radius 1 is 1.26 bits per heavy atom. The minimum Gasteiger partial charge on any atom is -0.389 e. The van der Waals surface area contributed by atoms with E-state index in [0.717, 1.165) is 17.8 Å². The lowest BCUT2D eigenvalue weighted by molar-refractivity contribution is 0.569. The molecule has 0 fully saturated rings. The number of nitrogens with one attached hydrogen (secondary N) is 1. The van der Waals surface area contributed by atoms with Crippen molar-refractivity contribution in [1.82, 2.24) is 0 Å². The quantitative estimate of drug-likeness (QED) is 0.823. The summed E-state index contributed by atoms with van der Waals surface area (Å²) in [6.07, 6.45) is 0. The molecule has 1 heterocycles. The number of thiophene rings is 1. The highest BCUT2D eigenvalue weighted by atomic mass is 32.1. The van der Waals surface area contributed by atoms with Crippen molar-refractivity contribution in [3.05, 3.63) is 52.2 Å². The first-order valence-electron chi connectivity index (χ1n) is 6.17. The molecule has 0 unspecified atom stereocenters. The summed E-state index contributed by atoms with van der Waals surface area (Å²) in [6.45, 7) is 5.38. The van der Waals surface area contributed by atoms with Crippen LogP contribution in [0.2, 0.25) is 0 Å². The smallest absolute Gasteiger partial charge is 0.103 e. The van der Waals surface area contributed by atoms with Gasteiger partial charge in [-0.1, -0.05) is 32.1 Å². The van der Waals surface area contributed by atoms with E-state index in [0.29, 0.717) is 4.99 Å². The van der Waals surface area contributed by atoms with Gasteiger partial charge >= 0.3 is 0 Å². The van der Waals surface area contributed by atoms with Gasteiger partial charge in [-0.25, -0.2) is 0 Å². The van der Waals surface area contributed by atoms with Gasteiger partial charge in [0.1, 0.15) is 4.99 Å². The second-order valence-electron chi connectivity index (χ2n) is 5.16.